The van der Waals surface area contributed by atoms with Gasteiger partial charge in [0.1, 0.15) is 5.56 Å². The van der Waals surface area contributed by atoms with Gasteiger partial charge in [0.25, 0.3) is 11.5 Å². The van der Waals surface area contributed by atoms with Gasteiger partial charge >= 0.3 is 0 Å². The topological polar surface area (TPSA) is 73.0 Å². The largest absolute Gasteiger partial charge is 0.334 e. The number of aryl methyl sites for hydroxylation is 1. The number of carbonyl (C=O) groups excluding carboxylic acids is 1. The van der Waals surface area contributed by atoms with Crippen LogP contribution >= 0.6 is 0 Å². The maximum absolute atomic E-state index is 14.1. The van der Waals surface area contributed by atoms with Gasteiger partial charge < -0.3 is 4.90 Å². The van der Waals surface area contributed by atoms with Crippen LogP contribution in [0, 0.1) is 0 Å². The molecule has 0 aliphatic carbocycles. The Morgan fingerprint density at radius 3 is 2.22 bits per heavy atom. The molecule has 1 aliphatic rings. The lowest BCUT2D eigenvalue weighted by molar-refractivity contribution is 0.0730. The van der Waals surface area contributed by atoms with E-state index in [0.717, 1.165) is 22.4 Å². The predicted octanol–water partition coefficient (Wildman–Crippen LogP) is 4.75. The Balaban J connectivity index is 1.67. The summed E-state index contributed by atoms with van der Waals surface area (Å²) in [6, 6.07) is 19.3. The first kappa shape index (κ1) is 23.7. The fourth-order valence-electron chi connectivity index (χ4n) is 4.91. The van der Waals surface area contributed by atoms with Gasteiger partial charge in [-0.25, -0.2) is 4.68 Å². The molecule has 4 aromatic rings. The maximum atomic E-state index is 14.1. The van der Waals surface area contributed by atoms with Crippen molar-refractivity contribution in [3.05, 3.63) is 94.0 Å². The molecule has 2 aromatic carbocycles. The van der Waals surface area contributed by atoms with Crippen molar-refractivity contribution < 1.29 is 4.79 Å². The number of hydrogen-bond donors (Lipinski definition) is 0. The van der Waals surface area contributed by atoms with Crippen LogP contribution in [-0.2, 0) is 25.0 Å². The van der Waals surface area contributed by atoms with E-state index in [-0.39, 0.29) is 22.6 Å². The molecule has 0 radical (unpaired) electrons. The lowest BCUT2D eigenvalue weighted by Crippen LogP contribution is -2.41. The van der Waals surface area contributed by atoms with Crippen LogP contribution in [0.1, 0.15) is 49.3 Å². The standard InChI is InChI=1S/C29H31N5O2/c1-5-33-28(36)25(27(35)32-17-16-23-22(19-32)18-30-34(23)29(2,3)4)24(20-12-8-6-9-13-20)26(31-33)21-14-10-7-11-15-21/h6-15,18H,5,16-17,19H2,1-4H3. The van der Waals surface area contributed by atoms with Crippen LogP contribution in [0.3, 0.4) is 0 Å². The van der Waals surface area contributed by atoms with E-state index in [0.29, 0.717) is 37.3 Å². The van der Waals surface area contributed by atoms with Crippen LogP contribution in [0.2, 0.25) is 0 Å². The number of nitrogens with zero attached hydrogens (tertiary/aromatic N) is 5. The smallest absolute Gasteiger partial charge is 0.280 e. The summed E-state index contributed by atoms with van der Waals surface area (Å²) in [5, 5.41) is 9.31. The van der Waals surface area contributed by atoms with Crippen molar-refractivity contribution in [3.8, 4) is 22.4 Å². The second-order valence-corrected chi connectivity index (χ2v) is 10.1. The van der Waals surface area contributed by atoms with Crippen LogP contribution < -0.4 is 5.56 Å². The summed E-state index contributed by atoms with van der Waals surface area (Å²) in [6.45, 7) is 9.56. The lowest BCUT2D eigenvalue weighted by Gasteiger charge is -2.30. The molecule has 36 heavy (non-hydrogen) atoms. The normalized spacial score (nSPS) is 13.5. The third-order valence-electron chi connectivity index (χ3n) is 6.64. The van der Waals surface area contributed by atoms with E-state index < -0.39 is 0 Å². The number of benzene rings is 2. The Morgan fingerprint density at radius 1 is 0.972 bits per heavy atom. The van der Waals surface area contributed by atoms with E-state index in [9.17, 15) is 9.59 Å². The van der Waals surface area contributed by atoms with Crippen LogP contribution in [-0.4, -0.2) is 36.9 Å². The number of fused-ring (bicyclic) bond motifs is 1. The zero-order valence-corrected chi connectivity index (χ0v) is 21.2. The van der Waals surface area contributed by atoms with E-state index >= 15 is 0 Å². The molecular formula is C29H31N5O2. The molecule has 7 heteroatoms. The molecule has 0 saturated carbocycles. The highest BCUT2D eigenvalue weighted by Gasteiger charge is 2.32. The zero-order valence-electron chi connectivity index (χ0n) is 21.2. The van der Waals surface area contributed by atoms with Gasteiger partial charge in [0.05, 0.1) is 17.4 Å². The third-order valence-corrected chi connectivity index (χ3v) is 6.64. The Hall–Kier alpha value is -4.00. The number of amides is 1. The first-order valence-electron chi connectivity index (χ1n) is 12.4. The monoisotopic (exact) mass is 481 g/mol. The highest BCUT2D eigenvalue weighted by molar-refractivity contribution is 6.03. The van der Waals surface area contributed by atoms with Gasteiger partial charge in [-0.3, -0.25) is 14.3 Å². The van der Waals surface area contributed by atoms with Crippen molar-refractivity contribution in [2.75, 3.05) is 6.54 Å². The average molecular weight is 482 g/mol. The number of hydrogen-bond acceptors (Lipinski definition) is 4. The molecule has 1 aliphatic heterocycles. The highest BCUT2D eigenvalue weighted by atomic mass is 16.2. The third kappa shape index (κ3) is 4.15. The summed E-state index contributed by atoms with van der Waals surface area (Å²) in [5.41, 5.74) is 4.72. The van der Waals surface area contributed by atoms with Crippen molar-refractivity contribution in [3.63, 3.8) is 0 Å². The molecule has 0 fully saturated rings. The Bertz CT molecular complexity index is 1460. The first-order valence-corrected chi connectivity index (χ1v) is 12.4. The second-order valence-electron chi connectivity index (χ2n) is 10.1. The molecule has 184 valence electrons. The van der Waals surface area contributed by atoms with Gasteiger partial charge in [0.15, 0.2) is 0 Å². The molecule has 0 bridgehead atoms. The molecule has 0 saturated heterocycles. The fourth-order valence-corrected chi connectivity index (χ4v) is 4.91. The van der Waals surface area contributed by atoms with Crippen molar-refractivity contribution in [1.82, 2.24) is 24.5 Å². The van der Waals surface area contributed by atoms with Crippen LogP contribution in [0.25, 0.3) is 22.4 Å². The van der Waals surface area contributed by atoms with Crippen LogP contribution in [0.5, 0.6) is 0 Å². The lowest BCUT2D eigenvalue weighted by atomic mass is 9.94. The van der Waals surface area contributed by atoms with Gasteiger partial charge in [-0.2, -0.15) is 10.2 Å². The first-order chi connectivity index (χ1) is 17.3. The SMILES string of the molecule is CCn1nc(-c2ccccc2)c(-c2ccccc2)c(C(=O)N2CCc3c(cnn3C(C)(C)C)C2)c1=O. The van der Waals surface area contributed by atoms with Crippen molar-refractivity contribution in [2.45, 2.75) is 52.7 Å². The van der Waals surface area contributed by atoms with Gasteiger partial charge in [0.2, 0.25) is 0 Å². The zero-order chi connectivity index (χ0) is 25.4. The van der Waals surface area contributed by atoms with Crippen molar-refractivity contribution in [2.24, 2.45) is 0 Å². The van der Waals surface area contributed by atoms with E-state index in [1.165, 1.54) is 4.68 Å². The number of carbonyl (C=O) groups is 1. The summed E-state index contributed by atoms with van der Waals surface area (Å²) < 4.78 is 3.44. The Kier molecular flexibility index (Phi) is 6.08. The molecule has 0 unspecified atom stereocenters. The summed E-state index contributed by atoms with van der Waals surface area (Å²) in [6.07, 6.45) is 2.54. The Labute approximate surface area is 211 Å². The van der Waals surface area contributed by atoms with E-state index in [2.05, 4.69) is 25.9 Å². The predicted molar refractivity (Wildman–Crippen MR) is 141 cm³/mol. The Morgan fingerprint density at radius 2 is 1.61 bits per heavy atom. The van der Waals surface area contributed by atoms with Gasteiger partial charge in [-0.05, 0) is 33.3 Å². The molecule has 3 heterocycles. The second kappa shape index (κ2) is 9.22. The fraction of sp³-hybridized carbons (Fsp3) is 0.310. The average Bonchev–Trinajstić information content (AvgIpc) is 3.33. The van der Waals surface area contributed by atoms with Crippen molar-refractivity contribution >= 4 is 5.91 Å². The molecule has 5 rings (SSSR count). The molecule has 0 atom stereocenters. The minimum Gasteiger partial charge on any atom is -0.334 e. The molecule has 7 nitrogen and oxygen atoms in total. The summed E-state index contributed by atoms with van der Waals surface area (Å²) in [5.74, 6) is -0.269. The number of aromatic nitrogens is 4. The molecule has 0 spiro atoms. The van der Waals surface area contributed by atoms with E-state index in [4.69, 9.17) is 5.10 Å². The summed E-state index contributed by atoms with van der Waals surface area (Å²) in [4.78, 5) is 29.6. The van der Waals surface area contributed by atoms with Gasteiger partial charge in [-0.15, -0.1) is 0 Å². The summed E-state index contributed by atoms with van der Waals surface area (Å²) >= 11 is 0. The minimum absolute atomic E-state index is 0.134. The molecule has 1 amide bonds. The quantitative estimate of drug-likeness (QED) is 0.422. The van der Waals surface area contributed by atoms with Crippen molar-refractivity contribution in [1.29, 1.82) is 0 Å². The number of rotatable bonds is 4. The van der Waals surface area contributed by atoms with E-state index in [1.54, 1.807) is 4.90 Å². The maximum Gasteiger partial charge on any atom is 0.280 e. The van der Waals surface area contributed by atoms with E-state index in [1.807, 2.05) is 78.5 Å². The van der Waals surface area contributed by atoms with Crippen LogP contribution in [0.4, 0.5) is 0 Å². The molecule has 0 N–H and O–H groups in total. The molecule has 2 aromatic heterocycles. The van der Waals surface area contributed by atoms with Gasteiger partial charge in [-0.1, -0.05) is 60.7 Å². The van der Waals surface area contributed by atoms with Crippen LogP contribution in [0.15, 0.2) is 71.7 Å². The van der Waals surface area contributed by atoms with Gasteiger partial charge in [0, 0.05) is 48.4 Å². The highest BCUT2D eigenvalue weighted by Crippen LogP contribution is 2.33. The molecular weight excluding hydrogens is 450 g/mol. The minimum atomic E-state index is -0.364. The summed E-state index contributed by atoms with van der Waals surface area (Å²) in [7, 11) is 0.